The van der Waals surface area contributed by atoms with Gasteiger partial charge in [0, 0.05) is 5.88 Å². The lowest BCUT2D eigenvalue weighted by Crippen LogP contribution is -2.07. The Morgan fingerprint density at radius 1 is 1.43 bits per heavy atom. The second-order valence-corrected chi connectivity index (χ2v) is 5.08. The Labute approximate surface area is 69.8 Å². The first-order chi connectivity index (χ1) is 3.18. The zero-order chi connectivity index (χ0) is 5.86. The highest BCUT2D eigenvalue weighted by Crippen LogP contribution is 2.18. The van der Waals surface area contributed by atoms with Crippen LogP contribution in [-0.4, -0.2) is 15.0 Å². The van der Waals surface area contributed by atoms with E-state index >= 15 is 0 Å². The highest BCUT2D eigenvalue weighted by Gasteiger charge is 2.09. The van der Waals surface area contributed by atoms with E-state index in [2.05, 4.69) is 31.9 Å². The molecule has 0 bridgehead atoms. The maximum absolute atomic E-state index is 5.57. The van der Waals surface area contributed by atoms with E-state index in [0.717, 1.165) is 0 Å². The van der Waals surface area contributed by atoms with Crippen LogP contribution in [0, 0.1) is 0 Å². The predicted octanol–water partition coefficient (Wildman–Crippen LogP) is 2.95. The van der Waals surface area contributed by atoms with Crippen molar-refractivity contribution >= 4 is 55.1 Å². The standard InChI is InChI=1S/C3H4Br2Cl2/c4-3(5)2(7)1-6/h2-3H,1H2. The van der Waals surface area contributed by atoms with Crippen molar-refractivity contribution in [2.24, 2.45) is 0 Å². The molecule has 0 fully saturated rings. The van der Waals surface area contributed by atoms with Gasteiger partial charge in [-0.1, -0.05) is 31.9 Å². The Balaban J connectivity index is 3.14. The Bertz CT molecular complexity index is 48.2. The second-order valence-electron chi connectivity index (χ2n) is 1.00. The molecule has 0 aliphatic rings. The van der Waals surface area contributed by atoms with Crippen molar-refractivity contribution in [1.29, 1.82) is 0 Å². The molecule has 0 aromatic heterocycles. The van der Waals surface area contributed by atoms with E-state index in [4.69, 9.17) is 23.2 Å². The van der Waals surface area contributed by atoms with Gasteiger partial charge in [0.25, 0.3) is 0 Å². The van der Waals surface area contributed by atoms with Gasteiger partial charge in [-0.25, -0.2) is 0 Å². The zero-order valence-corrected chi connectivity index (χ0v) is 8.06. The molecule has 0 saturated carbocycles. The summed E-state index contributed by atoms with van der Waals surface area (Å²) in [5.41, 5.74) is 0. The summed E-state index contributed by atoms with van der Waals surface area (Å²) in [6, 6.07) is 0. The lowest BCUT2D eigenvalue weighted by atomic mass is 10.6. The van der Waals surface area contributed by atoms with Gasteiger partial charge in [-0.3, -0.25) is 0 Å². The molecule has 0 heterocycles. The summed E-state index contributed by atoms with van der Waals surface area (Å²) >= 11 is 17.3. The SMILES string of the molecule is ClCC(Cl)C(Br)Br. The molecule has 0 N–H and O–H groups in total. The lowest BCUT2D eigenvalue weighted by Gasteiger charge is -2.02. The van der Waals surface area contributed by atoms with Crippen LogP contribution in [0.4, 0.5) is 0 Å². The Kier molecular flexibility index (Phi) is 5.39. The van der Waals surface area contributed by atoms with Crippen molar-refractivity contribution in [2.45, 2.75) is 9.11 Å². The average molecular weight is 271 g/mol. The van der Waals surface area contributed by atoms with Crippen molar-refractivity contribution in [1.82, 2.24) is 0 Å². The second kappa shape index (κ2) is 4.42. The van der Waals surface area contributed by atoms with Gasteiger partial charge in [-0.05, 0) is 0 Å². The summed E-state index contributed by atoms with van der Waals surface area (Å²) in [7, 11) is 0. The monoisotopic (exact) mass is 268 g/mol. The van der Waals surface area contributed by atoms with E-state index < -0.39 is 0 Å². The van der Waals surface area contributed by atoms with E-state index in [1.165, 1.54) is 0 Å². The summed E-state index contributed by atoms with van der Waals surface area (Å²) in [6.45, 7) is 0. The summed E-state index contributed by atoms with van der Waals surface area (Å²) in [5.74, 6) is 0.461. The first-order valence-electron chi connectivity index (χ1n) is 1.66. The van der Waals surface area contributed by atoms with E-state index in [9.17, 15) is 0 Å². The molecule has 0 radical (unpaired) electrons. The van der Waals surface area contributed by atoms with Crippen molar-refractivity contribution < 1.29 is 0 Å². The first kappa shape index (κ1) is 8.54. The van der Waals surface area contributed by atoms with Crippen LogP contribution in [0.25, 0.3) is 0 Å². The molecule has 1 unspecified atom stereocenters. The molecule has 7 heavy (non-hydrogen) atoms. The molecule has 0 aliphatic heterocycles. The Hall–Kier alpha value is 1.54. The first-order valence-corrected chi connectivity index (χ1v) is 4.47. The fourth-order valence-electron chi connectivity index (χ4n) is 0.0673. The maximum atomic E-state index is 5.57. The number of halogens is 4. The number of hydrogen-bond acceptors (Lipinski definition) is 0. The zero-order valence-electron chi connectivity index (χ0n) is 3.37. The molecular formula is C3H4Br2Cl2. The van der Waals surface area contributed by atoms with Crippen molar-refractivity contribution in [2.75, 3.05) is 5.88 Å². The molecule has 1 atom stereocenters. The lowest BCUT2D eigenvalue weighted by molar-refractivity contribution is 1.10. The summed E-state index contributed by atoms with van der Waals surface area (Å²) in [4.78, 5) is 0. The summed E-state index contributed by atoms with van der Waals surface area (Å²) in [6.07, 6.45) is 0. The molecule has 0 aromatic rings. The minimum absolute atomic E-state index is 0.0262. The van der Waals surface area contributed by atoms with Gasteiger partial charge in [0.1, 0.15) is 0 Å². The maximum Gasteiger partial charge on any atom is 0.0872 e. The molecule has 4 heteroatoms. The van der Waals surface area contributed by atoms with Gasteiger partial charge in [-0.2, -0.15) is 0 Å². The van der Waals surface area contributed by atoms with Crippen LogP contribution >= 0.6 is 55.1 Å². The van der Waals surface area contributed by atoms with Crippen LogP contribution in [0.5, 0.6) is 0 Å². The fourth-order valence-corrected chi connectivity index (χ4v) is 1.05. The van der Waals surface area contributed by atoms with Crippen molar-refractivity contribution in [3.63, 3.8) is 0 Å². The fraction of sp³-hybridized carbons (Fsp3) is 1.00. The van der Waals surface area contributed by atoms with E-state index in [1.807, 2.05) is 0 Å². The van der Waals surface area contributed by atoms with Gasteiger partial charge in [-0.15, -0.1) is 23.2 Å². The van der Waals surface area contributed by atoms with Crippen LogP contribution < -0.4 is 0 Å². The van der Waals surface area contributed by atoms with E-state index in [1.54, 1.807) is 0 Å². The molecule has 0 saturated heterocycles. The Morgan fingerprint density at radius 2 is 1.86 bits per heavy atom. The molecule has 0 amide bonds. The van der Waals surface area contributed by atoms with Crippen LogP contribution in [-0.2, 0) is 0 Å². The van der Waals surface area contributed by atoms with Crippen molar-refractivity contribution in [3.05, 3.63) is 0 Å². The third kappa shape index (κ3) is 4.07. The molecule has 0 aliphatic carbocycles. The van der Waals surface area contributed by atoms with Crippen LogP contribution in [0.3, 0.4) is 0 Å². The number of alkyl halides is 4. The van der Waals surface area contributed by atoms with Crippen molar-refractivity contribution in [3.8, 4) is 0 Å². The molecule has 0 nitrogen and oxygen atoms in total. The highest BCUT2D eigenvalue weighted by molar-refractivity contribution is 9.24. The van der Waals surface area contributed by atoms with Crippen LogP contribution in [0.2, 0.25) is 0 Å². The number of rotatable bonds is 2. The van der Waals surface area contributed by atoms with Crippen LogP contribution in [0.15, 0.2) is 0 Å². The third-order valence-electron chi connectivity index (χ3n) is 0.421. The van der Waals surface area contributed by atoms with Gasteiger partial charge in [0.05, 0.1) is 9.11 Å². The minimum atomic E-state index is -0.0262. The third-order valence-corrected chi connectivity index (χ3v) is 3.20. The highest BCUT2D eigenvalue weighted by atomic mass is 79.9. The normalized spacial score (nSPS) is 15.0. The van der Waals surface area contributed by atoms with E-state index in [-0.39, 0.29) is 9.11 Å². The van der Waals surface area contributed by atoms with Crippen LogP contribution in [0.1, 0.15) is 0 Å². The molecule has 0 aromatic carbocycles. The Morgan fingerprint density at radius 3 is 1.86 bits per heavy atom. The molecular weight excluding hydrogens is 267 g/mol. The van der Waals surface area contributed by atoms with Gasteiger partial charge >= 0.3 is 0 Å². The predicted molar refractivity (Wildman–Crippen MR) is 42.0 cm³/mol. The quantitative estimate of drug-likeness (QED) is 0.677. The average Bonchev–Trinajstić information content (AvgIpc) is 1.65. The van der Waals surface area contributed by atoms with E-state index in [0.29, 0.717) is 5.88 Å². The topological polar surface area (TPSA) is 0 Å². The molecule has 44 valence electrons. The number of hydrogen-bond donors (Lipinski definition) is 0. The van der Waals surface area contributed by atoms with Gasteiger partial charge < -0.3 is 0 Å². The largest absolute Gasteiger partial charge is 0.125 e. The summed E-state index contributed by atoms with van der Waals surface area (Å²) in [5, 5.41) is -0.0262. The summed E-state index contributed by atoms with van der Waals surface area (Å²) < 4.78 is 0.124. The van der Waals surface area contributed by atoms with Gasteiger partial charge in [0.2, 0.25) is 0 Å². The minimum Gasteiger partial charge on any atom is -0.125 e. The smallest absolute Gasteiger partial charge is 0.0872 e. The molecule has 0 spiro atoms. The van der Waals surface area contributed by atoms with Gasteiger partial charge in [0.15, 0.2) is 0 Å². The molecule has 0 rings (SSSR count).